The number of Topliss-reactive ketones (excluding diaryl/α,β-unsaturated/α-hetero) is 1. The van der Waals surface area contributed by atoms with E-state index >= 15 is 0 Å². The standard InChI is InChI=1S/C33H50N2O7S.C32H26N4O2.C26H25ClN2O3/c1-25-10-11-29-28(23-25)33(15-12-27(13-16-33)42-21-18-34(5)17-20-41-7)31(37)35(29)43(38,39)22-8-9-26(14-19-40-6)30(36)24-32(2,3)4;1-21-33-28-19-20-36(29-14-8-7-13-27(29)30(28)34-21)32(38)23-15-17-24(18-16-23)35-31(37)26-12-6-5-11-25(26)22-9-3-2-4-10-22;1-16-6-3-4-7-20(16)25(31)28-19-10-11-21(17(2)14-19)26(32)29-13-5-8-24(30)22-15-18(27)9-12-23(22)29/h8-11,14,19,22-23,27-29H,12-13,15-18,20-21,24H2,1-7H3;2-18H,19-20H2,1H3,(H,33,34)(H,35,37);3-4,6-7,9-12,14-15,24,30H,5,8,13H2,1-2H3,(H,28,31)/b19-14+,22-8+,26-9+;;/t;;24-/m..1/s1. The number of nitrogens with one attached hydrogen (secondary N) is 3. The summed E-state index contributed by atoms with van der Waals surface area (Å²) in [5.41, 5.74) is 12.5. The minimum atomic E-state index is -4.13. The number of anilines is 4. The number of amides is 5. The molecule has 4 N–H and O–H groups in total. The molecule has 20 nitrogen and oxygen atoms in total. The molecule has 2 fully saturated rings. The maximum absolute atomic E-state index is 14.1. The van der Waals surface area contributed by atoms with Crippen molar-refractivity contribution < 1.29 is 56.5 Å². The van der Waals surface area contributed by atoms with Crippen LogP contribution in [0.3, 0.4) is 0 Å². The van der Waals surface area contributed by atoms with Gasteiger partial charge in [0.2, 0.25) is 5.91 Å². The number of ketones is 1. The van der Waals surface area contributed by atoms with E-state index in [0.29, 0.717) is 127 Å². The fourth-order valence-corrected chi connectivity index (χ4v) is 16.8. The first-order valence-electron chi connectivity index (χ1n) is 38.3. The largest absolute Gasteiger partial charge is 0.504 e. The van der Waals surface area contributed by atoms with Crippen molar-refractivity contribution in [2.45, 2.75) is 118 Å². The zero-order valence-electron chi connectivity index (χ0n) is 65.9. The number of carbonyl (C=O) groups is 6. The molecule has 7 aromatic carbocycles. The zero-order chi connectivity index (χ0) is 80.7. The number of allylic oxidation sites excluding steroid dienone is 6. The first kappa shape index (κ1) is 83.3. The number of aliphatic hydroxyl groups is 1. The van der Waals surface area contributed by atoms with E-state index < -0.39 is 27.6 Å². The average molecular weight is 1570 g/mol. The Hall–Kier alpha value is -10.7. The van der Waals surface area contributed by atoms with E-state index in [2.05, 4.69) is 31.6 Å². The third-order valence-electron chi connectivity index (χ3n) is 21.1. The number of fused-ring (bicyclic) bond motifs is 6. The van der Waals surface area contributed by atoms with Gasteiger partial charge < -0.3 is 49.6 Å². The van der Waals surface area contributed by atoms with Crippen LogP contribution in [0.2, 0.25) is 5.02 Å². The number of H-pyrrole nitrogens is 1. The maximum Gasteiger partial charge on any atom is 0.260 e. The number of aliphatic hydroxyl groups excluding tert-OH is 1. The summed E-state index contributed by atoms with van der Waals surface area (Å²) in [6.45, 7) is 17.5. The number of aryl methyl sites for hydroxylation is 3. The minimum absolute atomic E-state index is 0.0387. The molecule has 5 amide bonds. The van der Waals surface area contributed by atoms with Crippen molar-refractivity contribution in [3.63, 3.8) is 0 Å². The molecule has 3 aliphatic heterocycles. The smallest absolute Gasteiger partial charge is 0.260 e. The lowest BCUT2D eigenvalue weighted by atomic mass is 9.64. The number of benzene rings is 7. The average Bonchev–Trinajstić information content (AvgIpc) is 1.56. The summed E-state index contributed by atoms with van der Waals surface area (Å²) in [6, 6.07) is 49.7. The molecule has 2 unspecified atom stereocenters. The Bertz CT molecular complexity index is 5070. The first-order valence-corrected chi connectivity index (χ1v) is 40.2. The van der Waals surface area contributed by atoms with Crippen molar-refractivity contribution in [1.29, 1.82) is 0 Å². The number of halogens is 1. The Morgan fingerprint density at radius 2 is 1.38 bits per heavy atom. The molecule has 113 heavy (non-hydrogen) atoms. The van der Waals surface area contributed by atoms with Gasteiger partial charge in [0, 0.05) is 119 Å². The molecule has 4 heterocycles. The third-order valence-corrected chi connectivity index (χ3v) is 22.8. The monoisotopic (exact) mass is 1560 g/mol. The van der Waals surface area contributed by atoms with E-state index in [1.807, 2.05) is 170 Å². The number of methoxy groups -OCH3 is 2. The predicted molar refractivity (Wildman–Crippen MR) is 446 cm³/mol. The second-order valence-corrected chi connectivity index (χ2v) is 32.7. The number of imidazole rings is 1. The number of hydrogen-bond acceptors (Lipinski definition) is 14. The highest BCUT2D eigenvalue weighted by Crippen LogP contribution is 2.55. The van der Waals surface area contributed by atoms with E-state index in [9.17, 15) is 42.3 Å². The van der Waals surface area contributed by atoms with Crippen LogP contribution in [0.25, 0.3) is 22.4 Å². The number of likely N-dealkylation sites (N-methyl/N-ethyl adjacent to an activating group) is 1. The minimum Gasteiger partial charge on any atom is -0.504 e. The number of aromatic amines is 1. The van der Waals surface area contributed by atoms with E-state index in [0.717, 1.165) is 79.1 Å². The van der Waals surface area contributed by atoms with Crippen LogP contribution < -0.4 is 20.4 Å². The summed E-state index contributed by atoms with van der Waals surface area (Å²) in [5, 5.41) is 17.9. The molecule has 8 aromatic rings. The molecule has 0 radical (unpaired) electrons. The Balaban J connectivity index is 0.000000169. The lowest BCUT2D eigenvalue weighted by Crippen LogP contribution is -2.42. The lowest BCUT2D eigenvalue weighted by molar-refractivity contribution is -0.136. The molecule has 1 saturated carbocycles. The third kappa shape index (κ3) is 20.2. The number of rotatable bonds is 21. The van der Waals surface area contributed by atoms with E-state index in [1.54, 1.807) is 78.7 Å². The topological polar surface area (TPSA) is 250 Å². The highest BCUT2D eigenvalue weighted by molar-refractivity contribution is 7.92. The molecule has 1 saturated heterocycles. The molecule has 1 aromatic heterocycles. The molecule has 1 spiro atoms. The van der Waals surface area contributed by atoms with Gasteiger partial charge in [0.15, 0.2) is 5.78 Å². The Morgan fingerprint density at radius 3 is 2.09 bits per heavy atom. The highest BCUT2D eigenvalue weighted by Gasteiger charge is 2.61. The Morgan fingerprint density at radius 1 is 0.726 bits per heavy atom. The zero-order valence-corrected chi connectivity index (χ0v) is 67.4. The number of para-hydroxylation sites is 1. The van der Waals surface area contributed by atoms with Gasteiger partial charge in [-0.3, -0.25) is 28.8 Å². The Kier molecular flexibility index (Phi) is 27.5. The molecule has 22 heteroatoms. The van der Waals surface area contributed by atoms with Crippen molar-refractivity contribution in [2.24, 2.45) is 16.7 Å². The summed E-state index contributed by atoms with van der Waals surface area (Å²) in [5.74, 6) is -0.471. The molecule has 2 aliphatic carbocycles. The van der Waals surface area contributed by atoms with Crippen molar-refractivity contribution in [3.8, 4) is 22.4 Å². The van der Waals surface area contributed by atoms with Crippen LogP contribution in [0.5, 0.6) is 0 Å². The van der Waals surface area contributed by atoms with Crippen LogP contribution in [0.15, 0.2) is 223 Å². The van der Waals surface area contributed by atoms with Crippen molar-refractivity contribution in [2.75, 3.05) is 81.1 Å². The van der Waals surface area contributed by atoms with Gasteiger partial charge in [-0.2, -0.15) is 0 Å². The van der Waals surface area contributed by atoms with E-state index in [4.69, 9.17) is 25.8 Å². The molecular formula is C91H101ClN8O12S. The van der Waals surface area contributed by atoms with Gasteiger partial charge in [-0.05, 0) is 192 Å². The van der Waals surface area contributed by atoms with Gasteiger partial charge >= 0.3 is 0 Å². The number of nitrogens with zero attached hydrogens (tertiary/aromatic N) is 5. The van der Waals surface area contributed by atoms with Gasteiger partial charge in [-0.15, -0.1) is 0 Å². The van der Waals surface area contributed by atoms with Crippen LogP contribution >= 0.6 is 11.6 Å². The van der Waals surface area contributed by atoms with Crippen molar-refractivity contribution in [1.82, 2.24) is 19.2 Å². The van der Waals surface area contributed by atoms with Gasteiger partial charge in [0.25, 0.3) is 33.7 Å². The van der Waals surface area contributed by atoms with Crippen LogP contribution in [0.1, 0.15) is 148 Å². The number of ether oxygens (including phenoxy) is 3. The second kappa shape index (κ2) is 37.3. The van der Waals surface area contributed by atoms with Crippen LogP contribution in [0.4, 0.5) is 22.7 Å². The van der Waals surface area contributed by atoms with Crippen molar-refractivity contribution >= 4 is 79.7 Å². The van der Waals surface area contributed by atoms with Crippen LogP contribution in [-0.4, -0.2) is 141 Å². The SMILES string of the molecule is CO/C=C/C(=C\C=C\S(=O)(=O)N1C(=O)C2(CCC(OCCN(C)CCOC)CC2)C2C=C(C)C=CC21)C(=O)CC(C)(C)C.Cc1ccccc1C(=O)Nc1ccc(C(=O)N2CCC[C@@H](O)c3cc(Cl)ccc32)c(C)c1.Cc1nc2c([nH]1)CCN(C(=O)c1ccc(NC(=O)c3ccccc3-c3ccccc3)cc1)c1ccccc1-2. The van der Waals surface area contributed by atoms with E-state index in [1.165, 1.54) is 31.6 Å². The second-order valence-electron chi connectivity index (χ2n) is 30.5. The highest BCUT2D eigenvalue weighted by atomic mass is 35.5. The van der Waals surface area contributed by atoms with Gasteiger partial charge in [0.05, 0.1) is 67.0 Å². The molecular weight excluding hydrogens is 1460 g/mol. The molecule has 5 aliphatic rings. The van der Waals surface area contributed by atoms with Crippen molar-refractivity contribution in [3.05, 3.63) is 279 Å². The molecule has 3 atom stereocenters. The normalized spacial score (nSPS) is 18.7. The number of sulfonamides is 1. The Labute approximate surface area is 668 Å². The molecule has 590 valence electrons. The van der Waals surface area contributed by atoms with Gasteiger partial charge in [-0.25, -0.2) is 17.7 Å². The molecule has 13 rings (SSSR count). The summed E-state index contributed by atoms with van der Waals surface area (Å²) >= 11 is 6.13. The lowest BCUT2D eigenvalue weighted by Gasteiger charge is -2.39. The molecule has 0 bridgehead atoms. The maximum atomic E-state index is 14.1. The van der Waals surface area contributed by atoms with Crippen LogP contribution in [-0.2, 0) is 40.2 Å². The number of aromatic nitrogens is 2. The summed E-state index contributed by atoms with van der Waals surface area (Å²) in [7, 11) is 1.06. The number of carbonyl (C=O) groups excluding carboxylic acids is 6. The van der Waals surface area contributed by atoms with E-state index in [-0.39, 0.29) is 59.2 Å². The van der Waals surface area contributed by atoms with Gasteiger partial charge in [0.1, 0.15) is 5.82 Å². The summed E-state index contributed by atoms with van der Waals surface area (Å²) in [6.07, 6.45) is 15.6. The quantitative estimate of drug-likeness (QED) is 0.0297. The fraction of sp³-hybridized carbons (Fsp3) is 0.330. The summed E-state index contributed by atoms with van der Waals surface area (Å²) < 4.78 is 44.8. The van der Waals surface area contributed by atoms with Crippen LogP contribution in [0, 0.1) is 37.5 Å². The van der Waals surface area contributed by atoms with Gasteiger partial charge in [-0.1, -0.05) is 147 Å². The predicted octanol–water partition coefficient (Wildman–Crippen LogP) is 17.0. The first-order chi connectivity index (χ1) is 54.2. The summed E-state index contributed by atoms with van der Waals surface area (Å²) in [4.78, 5) is 93.5. The fourth-order valence-electron chi connectivity index (χ4n) is 15.3. The number of hydrogen-bond donors (Lipinski definition) is 4.